The van der Waals surface area contributed by atoms with E-state index in [2.05, 4.69) is 5.10 Å². The Kier molecular flexibility index (Phi) is 3.53. The highest BCUT2D eigenvalue weighted by Gasteiger charge is 2.06. The van der Waals surface area contributed by atoms with E-state index < -0.39 is 0 Å². The molecule has 0 atom stereocenters. The highest BCUT2D eigenvalue weighted by atomic mass is 35.5. The number of halogens is 1. The molecule has 0 aliphatic heterocycles. The Morgan fingerprint density at radius 2 is 2.28 bits per heavy atom. The fourth-order valence-electron chi connectivity index (χ4n) is 1.48. The van der Waals surface area contributed by atoms with E-state index in [1.54, 1.807) is 22.9 Å². The highest BCUT2D eigenvalue weighted by Crippen LogP contribution is 2.25. The summed E-state index contributed by atoms with van der Waals surface area (Å²) in [6.45, 7) is 0.347. The van der Waals surface area contributed by atoms with Crippen molar-refractivity contribution < 1.29 is 4.74 Å². The lowest BCUT2D eigenvalue weighted by atomic mass is 10.2. The van der Waals surface area contributed by atoms with Gasteiger partial charge >= 0.3 is 0 Å². The number of ether oxygens (including phenoxy) is 1. The van der Waals surface area contributed by atoms with Crippen LogP contribution < -0.4 is 10.5 Å². The van der Waals surface area contributed by atoms with Gasteiger partial charge in [0, 0.05) is 18.8 Å². The highest BCUT2D eigenvalue weighted by molar-refractivity contribution is 6.32. The van der Waals surface area contributed by atoms with Crippen LogP contribution in [-0.4, -0.2) is 15.6 Å². The second-order valence-corrected chi connectivity index (χ2v) is 4.24. The van der Waals surface area contributed by atoms with Gasteiger partial charge in [-0.25, -0.2) is 0 Å². The van der Waals surface area contributed by atoms with Crippen LogP contribution in [0.4, 0.5) is 0 Å². The Balaban J connectivity index is 2.08. The van der Waals surface area contributed by atoms with Gasteiger partial charge in [0.1, 0.15) is 18.2 Å². The zero-order chi connectivity index (χ0) is 13.1. The quantitative estimate of drug-likeness (QED) is 0.654. The molecule has 0 saturated heterocycles. The predicted molar refractivity (Wildman–Crippen MR) is 70.0 cm³/mol. The van der Waals surface area contributed by atoms with Gasteiger partial charge in [0.2, 0.25) is 0 Å². The molecule has 0 spiro atoms. The van der Waals surface area contributed by atoms with Crippen LogP contribution in [-0.2, 0) is 13.7 Å². The van der Waals surface area contributed by atoms with E-state index in [0.717, 1.165) is 5.69 Å². The number of amidine groups is 1. The van der Waals surface area contributed by atoms with Gasteiger partial charge in [-0.15, -0.1) is 0 Å². The van der Waals surface area contributed by atoms with E-state index >= 15 is 0 Å². The van der Waals surface area contributed by atoms with Crippen molar-refractivity contribution in [3.05, 3.63) is 46.7 Å². The lowest BCUT2D eigenvalue weighted by Crippen LogP contribution is -2.10. The van der Waals surface area contributed by atoms with E-state index in [9.17, 15) is 0 Å². The largest absolute Gasteiger partial charge is 0.486 e. The molecule has 6 heteroatoms. The smallest absolute Gasteiger partial charge is 0.138 e. The molecule has 3 N–H and O–H groups in total. The van der Waals surface area contributed by atoms with Crippen molar-refractivity contribution in [3.8, 4) is 5.75 Å². The van der Waals surface area contributed by atoms with E-state index in [4.69, 9.17) is 27.5 Å². The average Bonchev–Trinajstić information content (AvgIpc) is 2.73. The fraction of sp³-hybridized carbons (Fsp3) is 0.167. The predicted octanol–water partition coefficient (Wildman–Crippen LogP) is 1.94. The van der Waals surface area contributed by atoms with Gasteiger partial charge in [-0.3, -0.25) is 10.1 Å². The summed E-state index contributed by atoms with van der Waals surface area (Å²) in [4.78, 5) is 0. The average molecular weight is 265 g/mol. The lowest BCUT2D eigenvalue weighted by Gasteiger charge is -2.07. The summed E-state index contributed by atoms with van der Waals surface area (Å²) < 4.78 is 7.26. The molecule has 0 bridgehead atoms. The number of aromatic nitrogens is 2. The topological polar surface area (TPSA) is 76.9 Å². The van der Waals surface area contributed by atoms with Crippen LogP contribution in [0.1, 0.15) is 11.3 Å². The third-order valence-corrected chi connectivity index (χ3v) is 2.68. The van der Waals surface area contributed by atoms with Gasteiger partial charge in [0.15, 0.2) is 0 Å². The first-order chi connectivity index (χ1) is 8.56. The molecule has 0 saturated carbocycles. The summed E-state index contributed by atoms with van der Waals surface area (Å²) in [6, 6.07) is 6.87. The standard InChI is InChI=1S/C12H13ClN4O/c1-17-5-4-9(16-17)7-18-11-3-2-8(12(14)15)6-10(11)13/h2-6H,7H2,1H3,(H3,14,15). The Morgan fingerprint density at radius 1 is 1.50 bits per heavy atom. The summed E-state index contributed by atoms with van der Waals surface area (Å²) in [5.41, 5.74) is 6.77. The van der Waals surface area contributed by atoms with Gasteiger partial charge in [0.25, 0.3) is 0 Å². The summed E-state index contributed by atoms with van der Waals surface area (Å²) in [5.74, 6) is 0.528. The van der Waals surface area contributed by atoms with Crippen LogP contribution in [0.25, 0.3) is 0 Å². The maximum Gasteiger partial charge on any atom is 0.138 e. The molecular weight excluding hydrogens is 252 g/mol. The van der Waals surface area contributed by atoms with Gasteiger partial charge in [0.05, 0.1) is 10.7 Å². The zero-order valence-corrected chi connectivity index (χ0v) is 10.6. The molecule has 2 aromatic rings. The van der Waals surface area contributed by atoms with Gasteiger partial charge in [-0.2, -0.15) is 5.10 Å². The van der Waals surface area contributed by atoms with Crippen LogP contribution >= 0.6 is 11.6 Å². The first kappa shape index (κ1) is 12.4. The van der Waals surface area contributed by atoms with Crippen molar-refractivity contribution in [2.24, 2.45) is 12.8 Å². The first-order valence-corrected chi connectivity index (χ1v) is 5.69. The number of hydrogen-bond acceptors (Lipinski definition) is 3. The summed E-state index contributed by atoms with van der Waals surface area (Å²) in [7, 11) is 1.85. The van der Waals surface area contributed by atoms with Crippen LogP contribution in [0.2, 0.25) is 5.02 Å². The van der Waals surface area contributed by atoms with Crippen molar-refractivity contribution in [2.75, 3.05) is 0 Å². The first-order valence-electron chi connectivity index (χ1n) is 5.31. The van der Waals surface area contributed by atoms with E-state index in [0.29, 0.717) is 22.9 Å². The number of rotatable bonds is 4. The van der Waals surface area contributed by atoms with Crippen LogP contribution in [0.15, 0.2) is 30.5 Å². The fourth-order valence-corrected chi connectivity index (χ4v) is 1.71. The summed E-state index contributed by atoms with van der Waals surface area (Å²) in [6.07, 6.45) is 1.85. The molecule has 18 heavy (non-hydrogen) atoms. The summed E-state index contributed by atoms with van der Waals surface area (Å²) >= 11 is 6.04. The molecule has 1 heterocycles. The molecule has 0 amide bonds. The molecule has 1 aromatic heterocycles. The maximum absolute atomic E-state index is 7.31. The molecule has 0 fully saturated rings. The molecule has 5 nitrogen and oxygen atoms in total. The lowest BCUT2D eigenvalue weighted by molar-refractivity contribution is 0.300. The van der Waals surface area contributed by atoms with Gasteiger partial charge in [-0.1, -0.05) is 11.6 Å². The van der Waals surface area contributed by atoms with Gasteiger partial charge < -0.3 is 10.5 Å². The molecular formula is C12H13ClN4O. The Bertz CT molecular complexity index is 579. The molecule has 2 rings (SSSR count). The molecule has 0 unspecified atom stereocenters. The van der Waals surface area contributed by atoms with E-state index in [-0.39, 0.29) is 5.84 Å². The molecule has 94 valence electrons. The second-order valence-electron chi connectivity index (χ2n) is 3.83. The minimum Gasteiger partial charge on any atom is -0.486 e. The Labute approximate surface area is 110 Å². The van der Waals surface area contributed by atoms with E-state index in [1.807, 2.05) is 19.3 Å². The van der Waals surface area contributed by atoms with Crippen molar-refractivity contribution in [2.45, 2.75) is 6.61 Å². The number of nitrogen functional groups attached to an aromatic ring is 1. The van der Waals surface area contributed by atoms with Crippen molar-refractivity contribution in [3.63, 3.8) is 0 Å². The minimum absolute atomic E-state index is 0.0202. The van der Waals surface area contributed by atoms with Crippen LogP contribution in [0, 0.1) is 5.41 Å². The minimum atomic E-state index is -0.0202. The number of nitrogens with zero attached hydrogens (tertiary/aromatic N) is 2. The second kappa shape index (κ2) is 5.10. The van der Waals surface area contributed by atoms with E-state index in [1.165, 1.54) is 0 Å². The number of benzene rings is 1. The van der Waals surface area contributed by atoms with Crippen molar-refractivity contribution in [1.29, 1.82) is 5.41 Å². The third-order valence-electron chi connectivity index (χ3n) is 2.39. The number of hydrogen-bond donors (Lipinski definition) is 2. The molecule has 0 aliphatic rings. The monoisotopic (exact) mass is 264 g/mol. The van der Waals surface area contributed by atoms with Crippen LogP contribution in [0.3, 0.4) is 0 Å². The van der Waals surface area contributed by atoms with Crippen LogP contribution in [0.5, 0.6) is 5.75 Å². The maximum atomic E-state index is 7.31. The molecule has 0 aliphatic carbocycles. The number of nitrogens with one attached hydrogen (secondary N) is 1. The normalized spacial score (nSPS) is 10.3. The molecule has 1 aromatic carbocycles. The Morgan fingerprint density at radius 3 is 2.83 bits per heavy atom. The third kappa shape index (κ3) is 2.81. The molecule has 0 radical (unpaired) electrons. The number of nitrogens with two attached hydrogens (primary N) is 1. The SMILES string of the molecule is Cn1ccc(COc2ccc(C(=N)N)cc2Cl)n1. The van der Waals surface area contributed by atoms with Crippen molar-refractivity contribution >= 4 is 17.4 Å². The number of aryl methyl sites for hydroxylation is 1. The van der Waals surface area contributed by atoms with Crippen molar-refractivity contribution in [1.82, 2.24) is 9.78 Å². The Hall–Kier alpha value is -2.01. The summed E-state index contributed by atoms with van der Waals surface area (Å²) in [5, 5.41) is 11.9. The van der Waals surface area contributed by atoms with Gasteiger partial charge in [-0.05, 0) is 24.3 Å². The zero-order valence-electron chi connectivity index (χ0n) is 9.85.